The quantitative estimate of drug-likeness (QED) is 0.845. The Balaban J connectivity index is 2.13. The monoisotopic (exact) mass is 265 g/mol. The van der Waals surface area contributed by atoms with E-state index in [-0.39, 0.29) is 0 Å². The van der Waals surface area contributed by atoms with E-state index in [0.717, 1.165) is 30.5 Å². The van der Waals surface area contributed by atoms with Gasteiger partial charge in [-0.15, -0.1) is 10.2 Å². The molecule has 0 aliphatic heterocycles. The molecule has 4 nitrogen and oxygen atoms in total. The second-order valence-corrected chi connectivity index (χ2v) is 4.66. The van der Waals surface area contributed by atoms with Crippen molar-refractivity contribution in [3.8, 4) is 11.5 Å². The predicted octanol–water partition coefficient (Wildman–Crippen LogP) is 2.85. The number of benzene rings is 1. The second-order valence-electron chi connectivity index (χ2n) is 4.23. The van der Waals surface area contributed by atoms with Crippen LogP contribution in [0.3, 0.4) is 0 Å². The molecule has 0 saturated heterocycles. The summed E-state index contributed by atoms with van der Waals surface area (Å²) in [5, 5.41) is 11.9. The van der Waals surface area contributed by atoms with Gasteiger partial charge in [0.2, 0.25) is 11.8 Å². The topological polar surface area (TPSA) is 51.0 Å². The molecule has 2 rings (SSSR count). The fourth-order valence-electron chi connectivity index (χ4n) is 1.75. The Labute approximate surface area is 111 Å². The van der Waals surface area contributed by atoms with Crippen LogP contribution in [0.5, 0.6) is 0 Å². The van der Waals surface area contributed by atoms with Crippen LogP contribution in [0.1, 0.15) is 17.9 Å². The Morgan fingerprint density at radius 2 is 2.11 bits per heavy atom. The number of nitrogens with zero attached hydrogens (tertiary/aromatic N) is 2. The van der Waals surface area contributed by atoms with Crippen molar-refractivity contribution in [2.24, 2.45) is 0 Å². The standard InChI is InChI=1S/C13H16ClN3O/c1-9-6-10(8-11(14)7-9)13-17-16-12(18-13)4-3-5-15-2/h6-8,15H,3-5H2,1-2H3. The Morgan fingerprint density at radius 1 is 1.28 bits per heavy atom. The minimum atomic E-state index is 0.528. The van der Waals surface area contributed by atoms with Gasteiger partial charge < -0.3 is 9.73 Å². The van der Waals surface area contributed by atoms with Crippen LogP contribution in [-0.2, 0) is 6.42 Å². The maximum absolute atomic E-state index is 6.01. The summed E-state index contributed by atoms with van der Waals surface area (Å²) in [6.07, 6.45) is 1.76. The van der Waals surface area contributed by atoms with E-state index in [4.69, 9.17) is 16.0 Å². The van der Waals surface area contributed by atoms with Crippen molar-refractivity contribution in [2.75, 3.05) is 13.6 Å². The van der Waals surface area contributed by atoms with Gasteiger partial charge in [0.15, 0.2) is 0 Å². The highest BCUT2D eigenvalue weighted by Gasteiger charge is 2.09. The van der Waals surface area contributed by atoms with E-state index in [1.165, 1.54) is 0 Å². The molecule has 0 unspecified atom stereocenters. The lowest BCUT2D eigenvalue weighted by Gasteiger charge is -1.99. The molecule has 0 spiro atoms. The van der Waals surface area contributed by atoms with Crippen LogP contribution in [0.15, 0.2) is 22.6 Å². The number of rotatable bonds is 5. The molecule has 5 heteroatoms. The number of nitrogens with one attached hydrogen (secondary N) is 1. The maximum atomic E-state index is 6.01. The molecule has 1 aromatic carbocycles. The third kappa shape index (κ3) is 3.31. The largest absolute Gasteiger partial charge is 0.421 e. The molecular weight excluding hydrogens is 250 g/mol. The van der Waals surface area contributed by atoms with Crippen LogP contribution in [0.25, 0.3) is 11.5 Å². The summed E-state index contributed by atoms with van der Waals surface area (Å²) >= 11 is 6.01. The highest BCUT2D eigenvalue weighted by atomic mass is 35.5. The summed E-state index contributed by atoms with van der Waals surface area (Å²) < 4.78 is 5.62. The van der Waals surface area contributed by atoms with Crippen molar-refractivity contribution in [1.82, 2.24) is 15.5 Å². The van der Waals surface area contributed by atoms with Crippen LogP contribution in [-0.4, -0.2) is 23.8 Å². The van der Waals surface area contributed by atoms with Crippen molar-refractivity contribution in [1.29, 1.82) is 0 Å². The lowest BCUT2D eigenvalue weighted by molar-refractivity contribution is 0.495. The Morgan fingerprint density at radius 3 is 2.83 bits per heavy atom. The molecule has 18 heavy (non-hydrogen) atoms. The van der Waals surface area contributed by atoms with Crippen molar-refractivity contribution < 1.29 is 4.42 Å². The zero-order valence-electron chi connectivity index (χ0n) is 10.5. The lowest BCUT2D eigenvalue weighted by atomic mass is 10.1. The molecule has 1 N–H and O–H groups in total. The number of aryl methyl sites for hydroxylation is 2. The fraction of sp³-hybridized carbons (Fsp3) is 0.385. The van der Waals surface area contributed by atoms with Gasteiger partial charge in [0.1, 0.15) is 0 Å². The highest BCUT2D eigenvalue weighted by Crippen LogP contribution is 2.23. The van der Waals surface area contributed by atoms with E-state index >= 15 is 0 Å². The first-order valence-electron chi connectivity index (χ1n) is 5.93. The van der Waals surface area contributed by atoms with Gasteiger partial charge in [-0.25, -0.2) is 0 Å². The molecule has 96 valence electrons. The van der Waals surface area contributed by atoms with E-state index in [1.54, 1.807) is 0 Å². The van der Waals surface area contributed by atoms with Gasteiger partial charge in [-0.2, -0.15) is 0 Å². The molecular formula is C13H16ClN3O. The van der Waals surface area contributed by atoms with E-state index in [2.05, 4.69) is 15.5 Å². The second kappa shape index (κ2) is 5.98. The molecule has 0 amide bonds. The summed E-state index contributed by atoms with van der Waals surface area (Å²) in [6.45, 7) is 2.92. The summed E-state index contributed by atoms with van der Waals surface area (Å²) in [5.74, 6) is 1.19. The molecule has 0 atom stereocenters. The van der Waals surface area contributed by atoms with Gasteiger partial charge in [0, 0.05) is 17.0 Å². The van der Waals surface area contributed by atoms with Gasteiger partial charge in [-0.3, -0.25) is 0 Å². The maximum Gasteiger partial charge on any atom is 0.247 e. The smallest absolute Gasteiger partial charge is 0.247 e. The summed E-state index contributed by atoms with van der Waals surface area (Å²) in [7, 11) is 1.92. The average Bonchev–Trinajstić information content (AvgIpc) is 2.77. The predicted molar refractivity (Wildman–Crippen MR) is 71.7 cm³/mol. The van der Waals surface area contributed by atoms with Gasteiger partial charge >= 0.3 is 0 Å². The van der Waals surface area contributed by atoms with Crippen LogP contribution < -0.4 is 5.32 Å². The third-order valence-corrected chi connectivity index (χ3v) is 2.79. The molecule has 0 bridgehead atoms. The van der Waals surface area contributed by atoms with Crippen LogP contribution in [0.4, 0.5) is 0 Å². The molecule has 0 aliphatic rings. The number of aromatic nitrogens is 2. The fourth-order valence-corrected chi connectivity index (χ4v) is 2.04. The molecule has 0 aliphatic carbocycles. The van der Waals surface area contributed by atoms with Gasteiger partial charge in [-0.1, -0.05) is 11.6 Å². The number of hydrogen-bond donors (Lipinski definition) is 1. The molecule has 1 heterocycles. The molecule has 1 aromatic heterocycles. The Bertz CT molecular complexity index is 504. The zero-order chi connectivity index (χ0) is 13.0. The molecule has 0 radical (unpaired) electrons. The van der Waals surface area contributed by atoms with E-state index in [0.29, 0.717) is 16.8 Å². The van der Waals surface area contributed by atoms with Crippen LogP contribution >= 0.6 is 11.6 Å². The molecule has 0 saturated carbocycles. The van der Waals surface area contributed by atoms with E-state index < -0.39 is 0 Å². The van der Waals surface area contributed by atoms with Crippen LogP contribution in [0.2, 0.25) is 5.02 Å². The van der Waals surface area contributed by atoms with Crippen LogP contribution in [0, 0.1) is 6.92 Å². The normalized spacial score (nSPS) is 10.8. The summed E-state index contributed by atoms with van der Waals surface area (Å²) in [4.78, 5) is 0. The third-order valence-electron chi connectivity index (χ3n) is 2.57. The highest BCUT2D eigenvalue weighted by molar-refractivity contribution is 6.30. The van der Waals surface area contributed by atoms with Crippen molar-refractivity contribution in [3.05, 3.63) is 34.7 Å². The first kappa shape index (κ1) is 13.1. The molecule has 2 aromatic rings. The molecule has 0 fully saturated rings. The number of halogens is 1. The number of hydrogen-bond acceptors (Lipinski definition) is 4. The SMILES string of the molecule is CNCCCc1nnc(-c2cc(C)cc(Cl)c2)o1. The first-order chi connectivity index (χ1) is 8.69. The summed E-state index contributed by atoms with van der Waals surface area (Å²) in [5.41, 5.74) is 1.94. The van der Waals surface area contributed by atoms with E-state index in [9.17, 15) is 0 Å². The van der Waals surface area contributed by atoms with Crippen molar-refractivity contribution in [3.63, 3.8) is 0 Å². The minimum Gasteiger partial charge on any atom is -0.421 e. The Hall–Kier alpha value is -1.39. The summed E-state index contributed by atoms with van der Waals surface area (Å²) in [6, 6.07) is 5.71. The first-order valence-corrected chi connectivity index (χ1v) is 6.31. The lowest BCUT2D eigenvalue weighted by Crippen LogP contribution is -2.08. The van der Waals surface area contributed by atoms with Crippen molar-refractivity contribution in [2.45, 2.75) is 19.8 Å². The Kier molecular flexibility index (Phi) is 4.33. The minimum absolute atomic E-state index is 0.528. The van der Waals surface area contributed by atoms with Gasteiger partial charge in [-0.05, 0) is 50.7 Å². The van der Waals surface area contributed by atoms with E-state index in [1.807, 2.05) is 32.2 Å². The van der Waals surface area contributed by atoms with Gasteiger partial charge in [0.05, 0.1) is 0 Å². The zero-order valence-corrected chi connectivity index (χ0v) is 11.3. The van der Waals surface area contributed by atoms with Crippen molar-refractivity contribution >= 4 is 11.6 Å². The average molecular weight is 266 g/mol. The van der Waals surface area contributed by atoms with Gasteiger partial charge in [0.25, 0.3) is 0 Å².